The van der Waals surface area contributed by atoms with Gasteiger partial charge in [0.15, 0.2) is 11.2 Å². The second-order valence-corrected chi connectivity index (χ2v) is 6.70. The second-order valence-electron chi connectivity index (χ2n) is 6.70. The van der Waals surface area contributed by atoms with Gasteiger partial charge in [-0.15, -0.1) is 0 Å². The van der Waals surface area contributed by atoms with Crippen molar-refractivity contribution in [2.75, 3.05) is 18.0 Å². The third-order valence-electron chi connectivity index (χ3n) is 4.95. The smallest absolute Gasteiger partial charge is 0.332 e. The number of hydrogen-bond acceptors (Lipinski definition) is 4. The average molecular weight is 357 g/mol. The number of aryl methyl sites for hydroxylation is 1. The van der Waals surface area contributed by atoms with Crippen molar-refractivity contribution in [3.05, 3.63) is 56.5 Å². The van der Waals surface area contributed by atoms with Crippen molar-refractivity contribution in [1.82, 2.24) is 18.7 Å². The summed E-state index contributed by atoms with van der Waals surface area (Å²) in [5.74, 6) is 0.329. The van der Waals surface area contributed by atoms with E-state index in [1.165, 1.54) is 23.7 Å². The van der Waals surface area contributed by atoms with Gasteiger partial charge in [0.05, 0.1) is 6.54 Å². The molecule has 26 heavy (non-hydrogen) atoms. The molecule has 8 heteroatoms. The number of hydrogen-bond donors (Lipinski definition) is 0. The normalized spacial score (nSPS) is 14.5. The number of benzene rings is 1. The van der Waals surface area contributed by atoms with Gasteiger partial charge in [-0.25, -0.2) is 9.18 Å². The Bertz CT molecular complexity index is 1110. The fourth-order valence-electron chi connectivity index (χ4n) is 3.56. The van der Waals surface area contributed by atoms with E-state index < -0.39 is 11.2 Å². The highest BCUT2D eigenvalue weighted by Gasteiger charge is 2.24. The van der Waals surface area contributed by atoms with Crippen molar-refractivity contribution in [2.24, 2.45) is 14.1 Å². The van der Waals surface area contributed by atoms with Gasteiger partial charge in [-0.1, -0.05) is 12.1 Å². The molecule has 1 aliphatic rings. The first-order valence-corrected chi connectivity index (χ1v) is 8.63. The first-order chi connectivity index (χ1) is 12.5. The van der Waals surface area contributed by atoms with Crippen molar-refractivity contribution in [3.63, 3.8) is 0 Å². The van der Waals surface area contributed by atoms with Gasteiger partial charge in [-0.05, 0) is 30.5 Å². The third-order valence-corrected chi connectivity index (χ3v) is 4.95. The van der Waals surface area contributed by atoms with E-state index >= 15 is 0 Å². The van der Waals surface area contributed by atoms with Crippen LogP contribution in [0.1, 0.15) is 18.4 Å². The van der Waals surface area contributed by atoms with Crippen molar-refractivity contribution in [3.8, 4) is 0 Å². The topological polar surface area (TPSA) is 65.1 Å². The van der Waals surface area contributed by atoms with E-state index in [1.807, 2.05) is 6.07 Å². The SMILES string of the molecule is Cn1c(=O)c2c(nc(N3CCCC3)n2Cc2cccc(F)c2)n(C)c1=O. The number of rotatable bonds is 3. The lowest BCUT2D eigenvalue weighted by molar-refractivity contribution is 0.623. The Morgan fingerprint density at radius 1 is 1.12 bits per heavy atom. The molecule has 0 bridgehead atoms. The van der Waals surface area contributed by atoms with Gasteiger partial charge in [0.1, 0.15) is 5.82 Å². The van der Waals surface area contributed by atoms with E-state index in [-0.39, 0.29) is 5.82 Å². The van der Waals surface area contributed by atoms with Crippen LogP contribution in [-0.2, 0) is 20.6 Å². The van der Waals surface area contributed by atoms with Crippen LogP contribution in [0.15, 0.2) is 33.9 Å². The van der Waals surface area contributed by atoms with Crippen LogP contribution in [0.25, 0.3) is 11.2 Å². The molecular formula is C18H20FN5O2. The fourth-order valence-corrected chi connectivity index (χ4v) is 3.56. The molecule has 0 saturated carbocycles. The number of aromatic nitrogens is 4. The molecule has 1 aromatic carbocycles. The highest BCUT2D eigenvalue weighted by molar-refractivity contribution is 5.74. The van der Waals surface area contributed by atoms with E-state index in [4.69, 9.17) is 0 Å². The summed E-state index contributed by atoms with van der Waals surface area (Å²) in [6.07, 6.45) is 2.11. The molecule has 2 aromatic heterocycles. The Morgan fingerprint density at radius 3 is 2.54 bits per heavy atom. The molecule has 3 heterocycles. The molecule has 0 unspecified atom stereocenters. The Kier molecular flexibility index (Phi) is 3.90. The monoisotopic (exact) mass is 357 g/mol. The van der Waals surface area contributed by atoms with Crippen LogP contribution in [0.3, 0.4) is 0 Å². The number of anilines is 1. The molecule has 0 aliphatic carbocycles. The zero-order chi connectivity index (χ0) is 18.4. The summed E-state index contributed by atoms with van der Waals surface area (Å²) in [7, 11) is 3.07. The van der Waals surface area contributed by atoms with Crippen LogP contribution in [-0.4, -0.2) is 31.8 Å². The summed E-state index contributed by atoms with van der Waals surface area (Å²) in [5.41, 5.74) is 0.654. The molecule has 136 valence electrons. The van der Waals surface area contributed by atoms with E-state index in [9.17, 15) is 14.0 Å². The minimum atomic E-state index is -0.411. The quantitative estimate of drug-likeness (QED) is 0.707. The Balaban J connectivity index is 1.99. The summed E-state index contributed by atoms with van der Waals surface area (Å²) < 4.78 is 17.9. The number of imidazole rings is 1. The van der Waals surface area contributed by atoms with Gasteiger partial charge < -0.3 is 4.90 Å². The van der Waals surface area contributed by atoms with Crippen LogP contribution in [0.4, 0.5) is 10.3 Å². The Hall–Kier alpha value is -2.90. The molecule has 0 amide bonds. The van der Waals surface area contributed by atoms with Gasteiger partial charge in [-0.2, -0.15) is 4.98 Å². The van der Waals surface area contributed by atoms with Crippen molar-refractivity contribution >= 4 is 17.1 Å². The molecule has 1 aliphatic heterocycles. The first-order valence-electron chi connectivity index (χ1n) is 8.63. The average Bonchev–Trinajstić information content (AvgIpc) is 3.26. The third kappa shape index (κ3) is 2.53. The molecular weight excluding hydrogens is 337 g/mol. The Labute approximate surface area is 148 Å². The van der Waals surface area contributed by atoms with Gasteiger partial charge in [0, 0.05) is 27.2 Å². The van der Waals surface area contributed by atoms with Gasteiger partial charge >= 0.3 is 5.69 Å². The van der Waals surface area contributed by atoms with Gasteiger partial charge in [0.2, 0.25) is 5.95 Å². The first kappa shape index (κ1) is 16.6. The van der Waals surface area contributed by atoms with Crippen molar-refractivity contribution < 1.29 is 4.39 Å². The minimum Gasteiger partial charge on any atom is -0.342 e. The maximum Gasteiger partial charge on any atom is 0.332 e. The molecule has 1 fully saturated rings. The van der Waals surface area contributed by atoms with E-state index in [0.717, 1.165) is 36.1 Å². The lowest BCUT2D eigenvalue weighted by atomic mass is 10.2. The lowest BCUT2D eigenvalue weighted by Crippen LogP contribution is -2.37. The van der Waals surface area contributed by atoms with E-state index in [2.05, 4.69) is 9.88 Å². The van der Waals surface area contributed by atoms with Gasteiger partial charge in [0.25, 0.3) is 5.56 Å². The molecule has 0 N–H and O–H groups in total. The predicted octanol–water partition coefficient (Wildman–Crippen LogP) is 1.22. The highest BCUT2D eigenvalue weighted by atomic mass is 19.1. The largest absolute Gasteiger partial charge is 0.342 e. The highest BCUT2D eigenvalue weighted by Crippen LogP contribution is 2.24. The van der Waals surface area contributed by atoms with Crippen LogP contribution >= 0.6 is 0 Å². The summed E-state index contributed by atoms with van der Waals surface area (Å²) >= 11 is 0. The van der Waals surface area contributed by atoms with Gasteiger partial charge in [-0.3, -0.25) is 18.5 Å². The molecule has 0 atom stereocenters. The van der Waals surface area contributed by atoms with Crippen molar-refractivity contribution in [1.29, 1.82) is 0 Å². The molecule has 7 nitrogen and oxygen atoms in total. The molecule has 3 aromatic rings. The van der Waals surface area contributed by atoms with Crippen LogP contribution in [0, 0.1) is 5.82 Å². The lowest BCUT2D eigenvalue weighted by Gasteiger charge is -2.18. The summed E-state index contributed by atoms with van der Waals surface area (Å²) in [6.45, 7) is 2.01. The molecule has 1 saturated heterocycles. The van der Waals surface area contributed by atoms with Crippen LogP contribution < -0.4 is 16.1 Å². The number of fused-ring (bicyclic) bond motifs is 1. The fraction of sp³-hybridized carbons (Fsp3) is 0.389. The predicted molar refractivity (Wildman–Crippen MR) is 97.2 cm³/mol. The van der Waals surface area contributed by atoms with Crippen LogP contribution in [0.2, 0.25) is 0 Å². The standard InChI is InChI=1S/C18H20FN5O2/c1-21-15-14(16(25)22(2)18(21)26)24(11-12-6-5-7-13(19)10-12)17(20-15)23-8-3-4-9-23/h5-7,10H,3-4,8-9,11H2,1-2H3. The molecule has 4 rings (SSSR count). The Morgan fingerprint density at radius 2 is 1.85 bits per heavy atom. The summed E-state index contributed by atoms with van der Waals surface area (Å²) in [4.78, 5) is 31.8. The molecule has 0 radical (unpaired) electrons. The zero-order valence-corrected chi connectivity index (χ0v) is 14.8. The van der Waals surface area contributed by atoms with E-state index in [0.29, 0.717) is 23.7 Å². The minimum absolute atomic E-state index is 0.313. The van der Waals surface area contributed by atoms with E-state index in [1.54, 1.807) is 17.7 Å². The van der Waals surface area contributed by atoms with Crippen molar-refractivity contribution in [2.45, 2.75) is 19.4 Å². The maximum atomic E-state index is 13.6. The summed E-state index contributed by atoms with van der Waals surface area (Å²) in [5, 5.41) is 0. The van der Waals surface area contributed by atoms with Crippen LogP contribution in [0.5, 0.6) is 0 Å². The maximum absolute atomic E-state index is 13.6. The zero-order valence-electron chi connectivity index (χ0n) is 14.8. The molecule has 0 spiro atoms. The summed E-state index contributed by atoms with van der Waals surface area (Å²) in [6, 6.07) is 6.30. The number of nitrogens with zero attached hydrogens (tertiary/aromatic N) is 5. The number of halogens is 1. The second kappa shape index (κ2) is 6.12.